The first kappa shape index (κ1) is 46.4. The first-order valence-corrected chi connectivity index (χ1v) is 18.6. The van der Waals surface area contributed by atoms with Gasteiger partial charge in [0.25, 0.3) is 0 Å². The van der Waals surface area contributed by atoms with E-state index in [1.807, 2.05) is 82.4 Å². The van der Waals surface area contributed by atoms with E-state index in [9.17, 15) is 30.3 Å². The van der Waals surface area contributed by atoms with Crippen molar-refractivity contribution in [2.45, 2.75) is 124 Å². The standard InChI is InChI=1S/C46H64O8/c1-31(16-11-12-17-32(2)19-14-22-34(4)24-26-37-36(6)38(48)28-29-45(37,7)8)18-13-20-33(3)21-15-23-35(5)25-27-40(49)46(9,10)54-44-43(52)42(51)41(50)39(30-47)53-44/h11-27,39-44,47,49-52H,28-30H2,1-10H3/b12-11+,18-13+,19-14+,21-15+,26-24+,27-25+,31-16+,32-17+,33-20+,34-22+,35-23+/t39-,40+,41-,42+,43-,44+/m1/s1. The van der Waals surface area contributed by atoms with Crippen LogP contribution in [0, 0.1) is 5.41 Å². The van der Waals surface area contributed by atoms with Crippen molar-refractivity contribution in [1.82, 2.24) is 0 Å². The third-order valence-electron chi connectivity index (χ3n) is 9.55. The number of ketones is 1. The van der Waals surface area contributed by atoms with E-state index in [1.54, 1.807) is 26.0 Å². The highest BCUT2D eigenvalue weighted by molar-refractivity contribution is 5.97. The van der Waals surface area contributed by atoms with Gasteiger partial charge in [-0.2, -0.15) is 0 Å². The summed E-state index contributed by atoms with van der Waals surface area (Å²) in [7, 11) is 0. The lowest BCUT2D eigenvalue weighted by Gasteiger charge is -2.43. The molecule has 6 atom stereocenters. The molecule has 0 aromatic rings. The first-order valence-electron chi connectivity index (χ1n) is 18.6. The van der Waals surface area contributed by atoms with Crippen LogP contribution in [0.2, 0.25) is 0 Å². The lowest BCUT2D eigenvalue weighted by atomic mass is 9.72. The highest BCUT2D eigenvalue weighted by atomic mass is 16.7. The molecular formula is C46H64O8. The molecule has 54 heavy (non-hydrogen) atoms. The number of hydrogen-bond donors (Lipinski definition) is 5. The van der Waals surface area contributed by atoms with Gasteiger partial charge in [-0.25, -0.2) is 0 Å². The summed E-state index contributed by atoms with van der Waals surface area (Å²) >= 11 is 0. The lowest BCUT2D eigenvalue weighted by molar-refractivity contribution is -0.329. The maximum atomic E-state index is 12.2. The zero-order chi connectivity index (χ0) is 40.6. The second kappa shape index (κ2) is 22.0. The molecule has 1 aliphatic heterocycles. The Morgan fingerprint density at radius 3 is 1.74 bits per heavy atom. The van der Waals surface area contributed by atoms with Gasteiger partial charge in [-0.1, -0.05) is 145 Å². The maximum absolute atomic E-state index is 12.2. The van der Waals surface area contributed by atoms with Crippen molar-refractivity contribution in [2.24, 2.45) is 5.41 Å². The SMILES string of the molecule is CC1=C(/C=C/C(C)=C/C=C/C(C)=C/C=C/C=C(C)/C=C/C=C(C)/C=C/C=C(C)/C=C/[C@H](O)C(C)(C)O[C@@H]2O[C@H](CO)[C@@H](O)[C@H](O)[C@H]2O)C(C)(C)CCC1=O. The summed E-state index contributed by atoms with van der Waals surface area (Å²) < 4.78 is 11.2. The molecule has 1 fully saturated rings. The number of carbonyl (C=O) groups excluding carboxylic acids is 1. The van der Waals surface area contributed by atoms with Crippen molar-refractivity contribution in [2.75, 3.05) is 6.61 Å². The molecule has 0 aromatic carbocycles. The van der Waals surface area contributed by atoms with E-state index < -0.39 is 49.0 Å². The van der Waals surface area contributed by atoms with Gasteiger partial charge in [0, 0.05) is 6.42 Å². The third kappa shape index (κ3) is 15.2. The Morgan fingerprint density at radius 1 is 0.778 bits per heavy atom. The number of carbonyl (C=O) groups is 1. The molecule has 2 rings (SSSR count). The second-order valence-corrected chi connectivity index (χ2v) is 15.4. The average molecular weight is 745 g/mol. The number of hydrogen-bond acceptors (Lipinski definition) is 8. The normalized spacial score (nSPS) is 26.7. The van der Waals surface area contributed by atoms with Gasteiger partial charge in [-0.3, -0.25) is 4.79 Å². The molecule has 8 nitrogen and oxygen atoms in total. The molecule has 0 spiro atoms. The van der Waals surface area contributed by atoms with E-state index in [-0.39, 0.29) is 11.2 Å². The minimum atomic E-state index is -1.56. The summed E-state index contributed by atoms with van der Waals surface area (Å²) in [5.41, 5.74) is 6.12. The van der Waals surface area contributed by atoms with Gasteiger partial charge in [0.1, 0.15) is 30.5 Å². The summed E-state index contributed by atoms with van der Waals surface area (Å²) in [6, 6.07) is 0. The van der Waals surface area contributed by atoms with Crippen molar-refractivity contribution in [3.05, 3.63) is 142 Å². The van der Waals surface area contributed by atoms with Gasteiger partial charge in [-0.05, 0) is 78.4 Å². The summed E-state index contributed by atoms with van der Waals surface area (Å²) in [5, 5.41) is 50.4. The molecule has 0 bridgehead atoms. The number of ether oxygens (including phenoxy) is 2. The van der Waals surface area contributed by atoms with Crippen molar-refractivity contribution < 1.29 is 39.8 Å². The van der Waals surface area contributed by atoms with Gasteiger partial charge < -0.3 is 35.0 Å². The number of rotatable bonds is 16. The lowest BCUT2D eigenvalue weighted by Crippen LogP contribution is -2.61. The Hall–Kier alpha value is -3.73. The smallest absolute Gasteiger partial charge is 0.187 e. The second-order valence-electron chi connectivity index (χ2n) is 15.4. The van der Waals surface area contributed by atoms with Gasteiger partial charge in [0.05, 0.1) is 12.2 Å². The van der Waals surface area contributed by atoms with Crippen LogP contribution in [0.3, 0.4) is 0 Å². The van der Waals surface area contributed by atoms with Crippen molar-refractivity contribution in [3.8, 4) is 0 Å². The van der Waals surface area contributed by atoms with Crippen LogP contribution in [0.1, 0.15) is 82.1 Å². The van der Waals surface area contributed by atoms with E-state index in [0.717, 1.165) is 45.4 Å². The number of aliphatic hydroxyl groups is 5. The molecule has 2 aliphatic rings. The van der Waals surface area contributed by atoms with E-state index >= 15 is 0 Å². The Morgan fingerprint density at radius 2 is 1.24 bits per heavy atom. The monoisotopic (exact) mass is 744 g/mol. The van der Waals surface area contributed by atoms with Gasteiger partial charge >= 0.3 is 0 Å². The zero-order valence-electron chi connectivity index (χ0n) is 33.9. The Kier molecular flexibility index (Phi) is 18.9. The molecular weight excluding hydrogens is 680 g/mol. The highest BCUT2D eigenvalue weighted by Crippen LogP contribution is 2.39. The molecule has 1 aliphatic carbocycles. The van der Waals surface area contributed by atoms with Crippen LogP contribution in [-0.2, 0) is 14.3 Å². The maximum Gasteiger partial charge on any atom is 0.187 e. The van der Waals surface area contributed by atoms with E-state index in [4.69, 9.17) is 9.47 Å². The molecule has 296 valence electrons. The molecule has 1 heterocycles. The summed E-state index contributed by atoms with van der Waals surface area (Å²) in [6.07, 6.45) is 27.1. The number of Topliss-reactive ketones (excluding diaryl/α,β-unsaturated/α-hetero) is 1. The zero-order valence-corrected chi connectivity index (χ0v) is 33.9. The number of allylic oxidation sites excluding steroid dienone is 23. The molecule has 0 amide bonds. The Balaban J connectivity index is 1.87. The fourth-order valence-corrected chi connectivity index (χ4v) is 5.73. The highest BCUT2D eigenvalue weighted by Gasteiger charge is 2.46. The Bertz CT molecular complexity index is 1650. The van der Waals surface area contributed by atoms with Crippen LogP contribution in [0.5, 0.6) is 0 Å². The predicted octanol–water partition coefficient (Wildman–Crippen LogP) is 7.72. The summed E-state index contributed by atoms with van der Waals surface area (Å²) in [6.45, 7) is 19.1. The van der Waals surface area contributed by atoms with Crippen molar-refractivity contribution in [3.63, 3.8) is 0 Å². The fourth-order valence-electron chi connectivity index (χ4n) is 5.73. The topological polar surface area (TPSA) is 137 Å². The van der Waals surface area contributed by atoms with Gasteiger partial charge in [0.2, 0.25) is 0 Å². The minimum Gasteiger partial charge on any atom is -0.394 e. The van der Waals surface area contributed by atoms with E-state index in [1.165, 1.54) is 0 Å². The van der Waals surface area contributed by atoms with Crippen molar-refractivity contribution in [1.29, 1.82) is 0 Å². The molecule has 5 N–H and O–H groups in total. The van der Waals surface area contributed by atoms with Crippen molar-refractivity contribution >= 4 is 5.78 Å². The minimum absolute atomic E-state index is 0.0162. The predicted molar refractivity (Wildman–Crippen MR) is 219 cm³/mol. The van der Waals surface area contributed by atoms with Crippen LogP contribution in [0.4, 0.5) is 0 Å². The Labute approximate surface area is 323 Å². The summed E-state index contributed by atoms with van der Waals surface area (Å²) in [4.78, 5) is 12.2. The molecule has 0 unspecified atom stereocenters. The fraction of sp³-hybridized carbons (Fsp3) is 0.457. The van der Waals surface area contributed by atoms with Crippen LogP contribution >= 0.6 is 0 Å². The van der Waals surface area contributed by atoms with Crippen LogP contribution in [-0.4, -0.2) is 80.3 Å². The largest absolute Gasteiger partial charge is 0.394 e. The first-order chi connectivity index (χ1) is 25.3. The third-order valence-corrected chi connectivity index (χ3v) is 9.55. The van der Waals surface area contributed by atoms with Gasteiger partial charge in [-0.15, -0.1) is 0 Å². The average Bonchev–Trinajstić information content (AvgIpc) is 3.10. The van der Waals surface area contributed by atoms with E-state index in [0.29, 0.717) is 6.42 Å². The van der Waals surface area contributed by atoms with Crippen LogP contribution < -0.4 is 0 Å². The van der Waals surface area contributed by atoms with Crippen LogP contribution in [0.25, 0.3) is 0 Å². The van der Waals surface area contributed by atoms with Gasteiger partial charge in [0.15, 0.2) is 12.1 Å². The molecule has 8 heteroatoms. The summed E-state index contributed by atoms with van der Waals surface area (Å²) in [5.74, 6) is 0.253. The quantitative estimate of drug-likeness (QED) is 0.101. The molecule has 0 radical (unpaired) electrons. The molecule has 1 saturated heterocycles. The molecule has 0 aromatic heterocycles. The van der Waals surface area contributed by atoms with E-state index in [2.05, 4.69) is 64.2 Å². The number of aliphatic hydroxyl groups excluding tert-OH is 5. The molecule has 0 saturated carbocycles. The van der Waals surface area contributed by atoms with Crippen LogP contribution in [0.15, 0.2) is 142 Å².